The highest BCUT2D eigenvalue weighted by Gasteiger charge is 2.50. The number of phenols is 5. The lowest BCUT2D eigenvalue weighted by atomic mass is 9.98. The summed E-state index contributed by atoms with van der Waals surface area (Å²) in [6.07, 6.45) is -12.4. The van der Waals surface area contributed by atoms with E-state index in [1.807, 2.05) is 0 Å². The van der Waals surface area contributed by atoms with Crippen LogP contribution < -0.4 is 10.2 Å². The highest BCUT2D eigenvalue weighted by molar-refractivity contribution is 5.89. The Morgan fingerprint density at radius 2 is 1.16 bits per heavy atom. The zero-order valence-electron chi connectivity index (χ0n) is 33.5. The van der Waals surface area contributed by atoms with E-state index >= 15 is 0 Å². The summed E-state index contributed by atoms with van der Waals surface area (Å²) in [5.41, 5.74) is -0.103. The number of hydrogen-bond acceptors (Lipinski definition) is 19. The summed E-state index contributed by atoms with van der Waals surface area (Å²) < 4.78 is 40.4. The molecule has 64 heavy (non-hydrogen) atoms. The predicted octanol–water partition coefficient (Wildman–Crippen LogP) is 2.55. The molecule has 7 rings (SSSR count). The fourth-order valence-electron chi connectivity index (χ4n) is 6.92. The third kappa shape index (κ3) is 10.1. The van der Waals surface area contributed by atoms with Gasteiger partial charge in [-0.25, -0.2) is 9.59 Å². The predicted molar refractivity (Wildman–Crippen MR) is 221 cm³/mol. The quantitative estimate of drug-likeness (QED) is 0.0642. The number of benzene rings is 4. The molecule has 0 saturated carbocycles. The highest BCUT2D eigenvalue weighted by atomic mass is 16.7. The minimum absolute atomic E-state index is 0.0202. The number of fused-ring (bicyclic) bond motifs is 1. The van der Waals surface area contributed by atoms with Crippen molar-refractivity contribution in [1.29, 1.82) is 0 Å². The Morgan fingerprint density at radius 3 is 1.73 bits per heavy atom. The first-order valence-corrected chi connectivity index (χ1v) is 19.6. The van der Waals surface area contributed by atoms with Crippen molar-refractivity contribution in [1.82, 2.24) is 0 Å². The standard InChI is InChI=1S/C45H42O19/c1-21-40(62-32(51)16-6-22-2-10-25(46)11-3-22)36(54)38(56)44(59-21)58-20-31-42(63-33(52)17-7-23-4-12-26(47)13-5-23)37(55)39(57)45(61-31)64-43-35(53)34-29(50)18-28(49)19-30(34)60-41(43)24-8-14-27(48)15-9-24/h2-19,21,31,36-40,42,44-50,54-57H,20H2,1H3/b16-6+,17-7+/t21-,31+,36-,37+,38+,39+,40-,42-,44+,45-/m0/s1. The smallest absolute Gasteiger partial charge is 0.331 e. The minimum Gasteiger partial charge on any atom is -0.508 e. The van der Waals surface area contributed by atoms with Gasteiger partial charge in [0.2, 0.25) is 17.5 Å². The van der Waals surface area contributed by atoms with Gasteiger partial charge < -0.3 is 78.8 Å². The van der Waals surface area contributed by atoms with Crippen LogP contribution in [0.3, 0.4) is 0 Å². The van der Waals surface area contributed by atoms with Gasteiger partial charge in [0.25, 0.3) is 0 Å². The van der Waals surface area contributed by atoms with Crippen molar-refractivity contribution in [2.45, 2.75) is 68.3 Å². The highest BCUT2D eigenvalue weighted by Crippen LogP contribution is 2.38. The second kappa shape index (κ2) is 19.2. The summed E-state index contributed by atoms with van der Waals surface area (Å²) >= 11 is 0. The second-order valence-corrected chi connectivity index (χ2v) is 14.8. The Labute approximate surface area is 362 Å². The maximum atomic E-state index is 14.0. The van der Waals surface area contributed by atoms with Gasteiger partial charge in [-0.15, -0.1) is 0 Å². The van der Waals surface area contributed by atoms with Gasteiger partial charge in [-0.1, -0.05) is 24.3 Å². The van der Waals surface area contributed by atoms with E-state index in [1.165, 1.54) is 79.7 Å². The molecule has 2 fully saturated rings. The molecule has 0 unspecified atom stereocenters. The van der Waals surface area contributed by atoms with Gasteiger partial charge in [0.1, 0.15) is 70.2 Å². The van der Waals surface area contributed by atoms with E-state index in [2.05, 4.69) is 0 Å². The van der Waals surface area contributed by atoms with Crippen LogP contribution in [0, 0.1) is 0 Å². The molecular formula is C45H42O19. The molecule has 9 N–H and O–H groups in total. The zero-order valence-corrected chi connectivity index (χ0v) is 33.5. The average molecular weight is 887 g/mol. The van der Waals surface area contributed by atoms with E-state index in [4.69, 9.17) is 32.8 Å². The number of phenolic OH excluding ortho intramolecular Hbond substituents is 5. The molecule has 336 valence electrons. The lowest BCUT2D eigenvalue weighted by Crippen LogP contribution is -2.63. The average Bonchev–Trinajstić information content (AvgIpc) is 3.26. The van der Waals surface area contributed by atoms with Gasteiger partial charge in [-0.2, -0.15) is 0 Å². The molecule has 0 amide bonds. The van der Waals surface area contributed by atoms with Crippen molar-refractivity contribution in [3.8, 4) is 45.8 Å². The van der Waals surface area contributed by atoms with Crippen molar-refractivity contribution >= 4 is 35.1 Å². The van der Waals surface area contributed by atoms with Gasteiger partial charge in [-0.05, 0) is 78.7 Å². The molecule has 5 aromatic rings. The van der Waals surface area contributed by atoms with Crippen LogP contribution in [0.15, 0.2) is 106 Å². The van der Waals surface area contributed by atoms with Gasteiger partial charge in [0.15, 0.2) is 24.3 Å². The Kier molecular flexibility index (Phi) is 13.5. The van der Waals surface area contributed by atoms with Gasteiger partial charge in [-0.3, -0.25) is 4.79 Å². The Balaban J connectivity index is 1.13. The van der Waals surface area contributed by atoms with Crippen LogP contribution in [0.4, 0.5) is 0 Å². The number of hydrogen-bond donors (Lipinski definition) is 9. The van der Waals surface area contributed by atoms with E-state index in [1.54, 1.807) is 12.1 Å². The summed E-state index contributed by atoms with van der Waals surface area (Å²) in [6.45, 7) is 0.709. The molecule has 19 heteroatoms. The third-order valence-corrected chi connectivity index (χ3v) is 10.2. The molecule has 0 bridgehead atoms. The van der Waals surface area contributed by atoms with E-state index in [9.17, 15) is 60.3 Å². The number of rotatable bonds is 12. The first-order valence-electron chi connectivity index (χ1n) is 19.6. The molecule has 0 spiro atoms. The molecule has 0 radical (unpaired) electrons. The Hall–Kier alpha value is -6.97. The van der Waals surface area contributed by atoms with Gasteiger partial charge in [0.05, 0.1) is 12.7 Å². The normalized spacial score (nSPS) is 26.0. The largest absolute Gasteiger partial charge is 0.508 e. The third-order valence-electron chi connectivity index (χ3n) is 10.2. The number of esters is 2. The minimum atomic E-state index is -2.08. The van der Waals surface area contributed by atoms with E-state index in [0.29, 0.717) is 11.1 Å². The van der Waals surface area contributed by atoms with E-state index in [-0.39, 0.29) is 34.2 Å². The Bertz CT molecular complexity index is 2570. The van der Waals surface area contributed by atoms with Crippen molar-refractivity contribution in [2.24, 2.45) is 0 Å². The molecular weight excluding hydrogens is 844 g/mol. The molecule has 3 heterocycles. The van der Waals surface area contributed by atoms with Crippen LogP contribution in [-0.4, -0.2) is 126 Å². The van der Waals surface area contributed by atoms with Crippen LogP contribution >= 0.6 is 0 Å². The number of carbonyl (C=O) groups excluding carboxylic acids is 2. The van der Waals surface area contributed by atoms with E-state index in [0.717, 1.165) is 24.3 Å². The monoisotopic (exact) mass is 886 g/mol. The number of carbonyl (C=O) groups is 2. The van der Waals surface area contributed by atoms with Crippen molar-refractivity contribution in [2.75, 3.05) is 6.61 Å². The number of aliphatic hydroxyl groups is 4. The molecule has 1 aromatic heterocycles. The number of aliphatic hydroxyl groups excluding tert-OH is 4. The van der Waals surface area contributed by atoms with Gasteiger partial charge in [0, 0.05) is 29.8 Å². The number of aromatic hydroxyl groups is 5. The SMILES string of the molecule is C[C@@H]1O[C@@H](OC[C@H]2O[C@@H](Oc3c(-c4ccc(O)cc4)oc4cc(O)cc(O)c4c3=O)[C@H](O)[C@@H](O)[C@H]2OC(=O)/C=C/c2ccc(O)cc2)[C@H](O)[C@H](O)[C@H]1OC(=O)/C=C/c1ccc(O)cc1. The summed E-state index contributed by atoms with van der Waals surface area (Å²) in [7, 11) is 0. The first kappa shape index (κ1) is 45.1. The van der Waals surface area contributed by atoms with Crippen molar-refractivity contribution in [3.05, 3.63) is 118 Å². The second-order valence-electron chi connectivity index (χ2n) is 14.8. The fraction of sp³-hybridized carbons (Fsp3) is 0.267. The van der Waals surface area contributed by atoms with Crippen LogP contribution in [0.5, 0.6) is 34.5 Å². The van der Waals surface area contributed by atoms with Crippen LogP contribution in [0.2, 0.25) is 0 Å². The Morgan fingerprint density at radius 1 is 0.641 bits per heavy atom. The maximum Gasteiger partial charge on any atom is 0.331 e. The molecule has 4 aromatic carbocycles. The fourth-order valence-corrected chi connectivity index (χ4v) is 6.92. The summed E-state index contributed by atoms with van der Waals surface area (Å²) in [6, 6.07) is 18.9. The summed E-state index contributed by atoms with van der Waals surface area (Å²) in [5, 5.41) is 94.3. The summed E-state index contributed by atoms with van der Waals surface area (Å²) in [4.78, 5) is 39.8. The lowest BCUT2D eigenvalue weighted by molar-refractivity contribution is -0.319. The summed E-state index contributed by atoms with van der Waals surface area (Å²) in [5.74, 6) is -4.20. The van der Waals surface area contributed by atoms with Crippen LogP contribution in [0.1, 0.15) is 18.1 Å². The van der Waals surface area contributed by atoms with Crippen molar-refractivity contribution in [3.63, 3.8) is 0 Å². The van der Waals surface area contributed by atoms with E-state index < -0.39 is 108 Å². The van der Waals surface area contributed by atoms with Crippen molar-refractivity contribution < 1.29 is 88.4 Å². The van der Waals surface area contributed by atoms with Crippen LogP contribution in [0.25, 0.3) is 34.4 Å². The molecule has 2 aliphatic heterocycles. The zero-order chi connectivity index (χ0) is 45.8. The topological polar surface area (TPSA) is 302 Å². The lowest BCUT2D eigenvalue weighted by Gasteiger charge is -2.43. The van der Waals surface area contributed by atoms with Crippen LogP contribution in [-0.2, 0) is 33.3 Å². The molecule has 0 aliphatic carbocycles. The molecule has 19 nitrogen and oxygen atoms in total. The molecule has 2 saturated heterocycles. The van der Waals surface area contributed by atoms with Gasteiger partial charge >= 0.3 is 11.9 Å². The maximum absolute atomic E-state index is 14.0. The first-order chi connectivity index (χ1) is 30.6. The number of ether oxygens (including phenoxy) is 6. The molecule has 10 atom stereocenters. The molecule has 2 aliphatic rings.